The molecule has 3 aliphatic carbocycles. The van der Waals surface area contributed by atoms with Crippen molar-refractivity contribution >= 4 is 17.0 Å². The van der Waals surface area contributed by atoms with Crippen molar-refractivity contribution in [2.24, 2.45) is 23.7 Å². The summed E-state index contributed by atoms with van der Waals surface area (Å²) in [5, 5.41) is 9.09. The monoisotopic (exact) mass is 264 g/mol. The number of fused-ring (bicyclic) bond motifs is 6. The molecule has 1 heterocycles. The van der Waals surface area contributed by atoms with Crippen LogP contribution in [0.15, 0.2) is 18.2 Å². The standard InChI is InChI=1S/C16H16N4/c17-7-8-1-4-11-12(5-8)20(16(18)19-11)15-13-9-2-3-10(6-9)14(13)15/h1,4-5,9-10,13-15H,2-3,6H2,(H2,18,19). The van der Waals surface area contributed by atoms with Crippen LogP contribution in [-0.4, -0.2) is 9.55 Å². The lowest BCUT2D eigenvalue weighted by atomic mass is 10.0. The maximum Gasteiger partial charge on any atom is 0.201 e. The molecule has 4 unspecified atom stereocenters. The third kappa shape index (κ3) is 1.14. The molecule has 0 radical (unpaired) electrons. The van der Waals surface area contributed by atoms with Crippen molar-refractivity contribution < 1.29 is 0 Å². The molecule has 5 rings (SSSR count). The Morgan fingerprint density at radius 3 is 2.70 bits per heavy atom. The first-order valence-corrected chi connectivity index (χ1v) is 7.45. The first kappa shape index (κ1) is 10.7. The van der Waals surface area contributed by atoms with Gasteiger partial charge in [-0.15, -0.1) is 0 Å². The Morgan fingerprint density at radius 1 is 1.25 bits per heavy atom. The number of benzene rings is 1. The molecular formula is C16H16N4. The molecule has 0 spiro atoms. The number of imidazole rings is 1. The number of nitrogens with zero attached hydrogens (tertiary/aromatic N) is 3. The van der Waals surface area contributed by atoms with Gasteiger partial charge in [-0.25, -0.2) is 4.98 Å². The van der Waals surface area contributed by atoms with Crippen LogP contribution < -0.4 is 5.73 Å². The van der Waals surface area contributed by atoms with Gasteiger partial charge in [0.1, 0.15) is 0 Å². The number of hydrogen-bond acceptors (Lipinski definition) is 3. The molecular weight excluding hydrogens is 248 g/mol. The minimum Gasteiger partial charge on any atom is -0.369 e. The lowest BCUT2D eigenvalue weighted by molar-refractivity contribution is 0.456. The van der Waals surface area contributed by atoms with Gasteiger partial charge in [0.15, 0.2) is 0 Å². The molecule has 4 nitrogen and oxygen atoms in total. The number of nitrogens with two attached hydrogens (primary N) is 1. The Kier molecular flexibility index (Phi) is 1.80. The fourth-order valence-corrected chi connectivity index (χ4v) is 5.12. The van der Waals surface area contributed by atoms with Crippen LogP contribution in [0.2, 0.25) is 0 Å². The van der Waals surface area contributed by atoms with Crippen LogP contribution in [0.5, 0.6) is 0 Å². The van der Waals surface area contributed by atoms with E-state index >= 15 is 0 Å². The third-order valence-electron chi connectivity index (χ3n) is 5.84. The molecule has 1 aromatic carbocycles. The van der Waals surface area contributed by atoms with Crippen LogP contribution in [0.3, 0.4) is 0 Å². The highest BCUT2D eigenvalue weighted by Gasteiger charge is 2.66. The Morgan fingerprint density at radius 2 is 2.00 bits per heavy atom. The number of nitrogen functional groups attached to an aromatic ring is 1. The number of nitriles is 1. The van der Waals surface area contributed by atoms with Crippen LogP contribution >= 0.6 is 0 Å². The van der Waals surface area contributed by atoms with Crippen molar-refractivity contribution in [2.45, 2.75) is 25.3 Å². The fourth-order valence-electron chi connectivity index (χ4n) is 5.12. The molecule has 0 saturated heterocycles. The molecule has 4 atom stereocenters. The van der Waals surface area contributed by atoms with Crippen molar-refractivity contribution in [1.82, 2.24) is 9.55 Å². The van der Waals surface area contributed by atoms with Gasteiger partial charge in [0.05, 0.1) is 22.7 Å². The molecule has 0 amide bonds. The third-order valence-corrected chi connectivity index (χ3v) is 5.84. The summed E-state index contributed by atoms with van der Waals surface area (Å²) in [6, 6.07) is 8.42. The van der Waals surface area contributed by atoms with E-state index in [9.17, 15) is 0 Å². The van der Waals surface area contributed by atoms with E-state index in [-0.39, 0.29) is 0 Å². The van der Waals surface area contributed by atoms with Gasteiger partial charge >= 0.3 is 0 Å². The second-order valence-electron chi connectivity index (χ2n) is 6.63. The number of hydrogen-bond donors (Lipinski definition) is 1. The molecule has 3 fully saturated rings. The zero-order valence-corrected chi connectivity index (χ0v) is 11.2. The van der Waals surface area contributed by atoms with Crippen LogP contribution in [0, 0.1) is 35.0 Å². The molecule has 3 aliphatic rings. The summed E-state index contributed by atoms with van der Waals surface area (Å²) in [7, 11) is 0. The molecule has 3 saturated carbocycles. The predicted octanol–water partition coefficient (Wildman–Crippen LogP) is 2.71. The van der Waals surface area contributed by atoms with Gasteiger partial charge in [-0.1, -0.05) is 0 Å². The summed E-state index contributed by atoms with van der Waals surface area (Å²) >= 11 is 0. The van der Waals surface area contributed by atoms with Gasteiger partial charge < -0.3 is 10.3 Å². The molecule has 2 aromatic rings. The summed E-state index contributed by atoms with van der Waals surface area (Å²) in [4.78, 5) is 4.48. The van der Waals surface area contributed by atoms with Gasteiger partial charge in [0.25, 0.3) is 0 Å². The fraction of sp³-hybridized carbons (Fsp3) is 0.500. The normalized spacial score (nSPS) is 37.0. The second-order valence-corrected chi connectivity index (χ2v) is 6.63. The van der Waals surface area contributed by atoms with Gasteiger partial charge in [-0.05, 0) is 61.1 Å². The summed E-state index contributed by atoms with van der Waals surface area (Å²) in [5.41, 5.74) is 8.81. The Hall–Kier alpha value is -2.02. The van der Waals surface area contributed by atoms with E-state index in [4.69, 9.17) is 11.0 Å². The topological polar surface area (TPSA) is 67.6 Å². The summed E-state index contributed by atoms with van der Waals surface area (Å²) in [5.74, 6) is 4.07. The second kappa shape index (κ2) is 3.35. The van der Waals surface area contributed by atoms with E-state index in [1.807, 2.05) is 18.2 Å². The van der Waals surface area contributed by atoms with Crippen LogP contribution in [-0.2, 0) is 0 Å². The van der Waals surface area contributed by atoms with Gasteiger partial charge in [0, 0.05) is 6.04 Å². The lowest BCUT2D eigenvalue weighted by Crippen LogP contribution is -2.08. The van der Waals surface area contributed by atoms with E-state index in [0.717, 1.165) is 34.7 Å². The predicted molar refractivity (Wildman–Crippen MR) is 75.7 cm³/mol. The minimum atomic E-state index is 0.542. The summed E-state index contributed by atoms with van der Waals surface area (Å²) in [6.07, 6.45) is 4.23. The number of anilines is 1. The molecule has 20 heavy (non-hydrogen) atoms. The summed E-state index contributed by atoms with van der Waals surface area (Å²) < 4.78 is 2.22. The molecule has 2 bridgehead atoms. The highest BCUT2D eigenvalue weighted by Crippen LogP contribution is 2.72. The number of rotatable bonds is 1. The average Bonchev–Trinajstić information content (AvgIpc) is 2.80. The zero-order chi connectivity index (χ0) is 13.4. The Bertz CT molecular complexity index is 753. The molecule has 4 heteroatoms. The molecule has 2 N–H and O–H groups in total. The maximum atomic E-state index is 9.09. The Balaban J connectivity index is 1.66. The smallest absolute Gasteiger partial charge is 0.201 e. The van der Waals surface area contributed by atoms with E-state index in [2.05, 4.69) is 15.6 Å². The van der Waals surface area contributed by atoms with E-state index in [0.29, 0.717) is 17.6 Å². The Labute approximate surface area is 117 Å². The van der Waals surface area contributed by atoms with Crippen molar-refractivity contribution in [3.05, 3.63) is 23.8 Å². The van der Waals surface area contributed by atoms with Crippen LogP contribution in [0.1, 0.15) is 30.9 Å². The van der Waals surface area contributed by atoms with Gasteiger partial charge in [-0.3, -0.25) is 0 Å². The van der Waals surface area contributed by atoms with E-state index in [1.54, 1.807) is 0 Å². The quantitative estimate of drug-likeness (QED) is 0.861. The molecule has 0 aliphatic heterocycles. The first-order chi connectivity index (χ1) is 9.78. The zero-order valence-electron chi connectivity index (χ0n) is 11.2. The highest BCUT2D eigenvalue weighted by atomic mass is 15.2. The highest BCUT2D eigenvalue weighted by molar-refractivity contribution is 5.80. The van der Waals surface area contributed by atoms with Gasteiger partial charge in [-0.2, -0.15) is 5.26 Å². The first-order valence-electron chi connectivity index (χ1n) is 7.45. The SMILES string of the molecule is N#Cc1ccc2nc(N)n(C3C4C5CCC(C5)C43)c2c1. The lowest BCUT2D eigenvalue weighted by Gasteiger charge is -2.12. The minimum absolute atomic E-state index is 0.542. The van der Waals surface area contributed by atoms with Gasteiger partial charge in [0.2, 0.25) is 5.95 Å². The summed E-state index contributed by atoms with van der Waals surface area (Å²) in [6.45, 7) is 0. The maximum absolute atomic E-state index is 9.09. The average molecular weight is 264 g/mol. The van der Waals surface area contributed by atoms with Crippen molar-refractivity contribution in [3.8, 4) is 6.07 Å². The molecule has 1 aromatic heterocycles. The number of aromatic nitrogens is 2. The van der Waals surface area contributed by atoms with Crippen molar-refractivity contribution in [2.75, 3.05) is 5.73 Å². The van der Waals surface area contributed by atoms with Crippen LogP contribution in [0.25, 0.3) is 11.0 Å². The van der Waals surface area contributed by atoms with E-state index in [1.165, 1.54) is 19.3 Å². The van der Waals surface area contributed by atoms with E-state index < -0.39 is 0 Å². The largest absolute Gasteiger partial charge is 0.369 e. The van der Waals surface area contributed by atoms with Crippen molar-refractivity contribution in [1.29, 1.82) is 5.26 Å². The molecule has 100 valence electrons. The van der Waals surface area contributed by atoms with Crippen molar-refractivity contribution in [3.63, 3.8) is 0 Å². The van der Waals surface area contributed by atoms with Crippen LogP contribution in [0.4, 0.5) is 5.95 Å².